The third kappa shape index (κ3) is 4.10. The fourth-order valence-electron chi connectivity index (χ4n) is 2.85. The van der Waals surface area contributed by atoms with Gasteiger partial charge in [0.25, 0.3) is 11.5 Å². The Bertz CT molecular complexity index is 828. The Morgan fingerprint density at radius 3 is 2.68 bits per heavy atom. The highest BCUT2D eigenvalue weighted by Crippen LogP contribution is 2.21. The van der Waals surface area contributed by atoms with Crippen molar-refractivity contribution in [3.05, 3.63) is 63.5 Å². The van der Waals surface area contributed by atoms with Crippen molar-refractivity contribution in [2.75, 3.05) is 18.4 Å². The fraction of sp³-hybridized carbons (Fsp3) is 0.333. The second kappa shape index (κ2) is 7.39. The predicted octanol–water partition coefficient (Wildman–Crippen LogP) is 1.60. The van der Waals surface area contributed by atoms with E-state index in [0.717, 1.165) is 5.56 Å². The Hall–Kier alpha value is -2.15. The van der Waals surface area contributed by atoms with Gasteiger partial charge in [0.15, 0.2) is 0 Å². The first-order valence-electron chi connectivity index (χ1n) is 8.16. The van der Waals surface area contributed by atoms with E-state index in [9.17, 15) is 14.7 Å². The van der Waals surface area contributed by atoms with Gasteiger partial charge in [-0.2, -0.15) is 0 Å². The van der Waals surface area contributed by atoms with Crippen LogP contribution >= 0.6 is 11.6 Å². The van der Waals surface area contributed by atoms with Crippen molar-refractivity contribution in [3.8, 4) is 0 Å². The molecule has 0 atom stereocenters. The van der Waals surface area contributed by atoms with Gasteiger partial charge < -0.3 is 20.3 Å². The number of rotatable bonds is 4. The maximum Gasteiger partial charge on any atom is 0.256 e. The molecule has 1 aliphatic heterocycles. The lowest BCUT2D eigenvalue weighted by Gasteiger charge is -2.31. The summed E-state index contributed by atoms with van der Waals surface area (Å²) in [6, 6.07) is 10.2. The third-order valence-corrected chi connectivity index (χ3v) is 4.76. The van der Waals surface area contributed by atoms with Gasteiger partial charge in [0, 0.05) is 17.3 Å². The van der Waals surface area contributed by atoms with Crippen molar-refractivity contribution in [1.82, 2.24) is 9.88 Å². The van der Waals surface area contributed by atoms with Gasteiger partial charge in [-0.1, -0.05) is 29.8 Å². The molecule has 3 rings (SSSR count). The molecule has 0 unspecified atom stereocenters. The second-order valence-electron chi connectivity index (χ2n) is 6.21. The molecule has 7 heteroatoms. The maximum atomic E-state index is 12.4. The van der Waals surface area contributed by atoms with E-state index in [1.165, 1.54) is 16.7 Å². The van der Waals surface area contributed by atoms with Crippen molar-refractivity contribution < 1.29 is 9.90 Å². The molecular formula is C18H20ClN3O3. The first-order chi connectivity index (χ1) is 12.0. The molecule has 1 saturated heterocycles. The van der Waals surface area contributed by atoms with Crippen LogP contribution in [0.4, 0.5) is 5.69 Å². The summed E-state index contributed by atoms with van der Waals surface area (Å²) in [7, 11) is 0. The quantitative estimate of drug-likeness (QED) is 0.772. The molecule has 6 nitrogen and oxygen atoms in total. The summed E-state index contributed by atoms with van der Waals surface area (Å²) in [6.07, 6.45) is 2.28. The second-order valence-corrected chi connectivity index (χ2v) is 6.62. The molecule has 0 radical (unpaired) electrons. The van der Waals surface area contributed by atoms with E-state index in [0.29, 0.717) is 43.2 Å². The molecule has 0 saturated carbocycles. The molecule has 1 aromatic heterocycles. The highest BCUT2D eigenvalue weighted by Gasteiger charge is 2.37. The van der Waals surface area contributed by atoms with Gasteiger partial charge in [0.05, 0.1) is 12.2 Å². The van der Waals surface area contributed by atoms with Crippen LogP contribution < -0.4 is 16.2 Å². The van der Waals surface area contributed by atoms with E-state index in [-0.39, 0.29) is 5.56 Å². The molecule has 1 aromatic carbocycles. The van der Waals surface area contributed by atoms with Crippen molar-refractivity contribution in [3.63, 3.8) is 0 Å². The lowest BCUT2D eigenvalue weighted by atomic mass is 9.91. The number of carbonyl (C=O) groups excluding carboxylic acids is 1. The van der Waals surface area contributed by atoms with E-state index in [4.69, 9.17) is 11.6 Å². The predicted molar refractivity (Wildman–Crippen MR) is 96.9 cm³/mol. The van der Waals surface area contributed by atoms with Crippen LogP contribution in [0.3, 0.4) is 0 Å². The van der Waals surface area contributed by atoms with Gasteiger partial charge in [-0.15, -0.1) is 0 Å². The Morgan fingerprint density at radius 2 is 1.96 bits per heavy atom. The topological polar surface area (TPSA) is 83.4 Å². The Labute approximate surface area is 150 Å². The van der Waals surface area contributed by atoms with Crippen LogP contribution in [0.2, 0.25) is 5.02 Å². The minimum Gasteiger partial charge on any atom is -0.380 e. The summed E-state index contributed by atoms with van der Waals surface area (Å²) >= 11 is 6.15. The standard InChI is InChI=1S/C18H20ClN3O3/c19-15-4-2-1-3-13(15)11-22-12-14(5-6-16(22)23)21-17(24)18(25)7-9-20-10-8-18/h1-6,12,20,25H,7-11H2,(H,21,24). The van der Waals surface area contributed by atoms with Crippen LogP contribution in [-0.2, 0) is 11.3 Å². The lowest BCUT2D eigenvalue weighted by molar-refractivity contribution is -0.136. The molecule has 1 aliphatic rings. The molecule has 0 aliphatic carbocycles. The van der Waals surface area contributed by atoms with Crippen LogP contribution in [0.15, 0.2) is 47.4 Å². The Balaban J connectivity index is 1.78. The number of aromatic nitrogens is 1. The molecule has 2 heterocycles. The summed E-state index contributed by atoms with van der Waals surface area (Å²) in [6.45, 7) is 1.49. The van der Waals surface area contributed by atoms with E-state index < -0.39 is 11.5 Å². The fourth-order valence-corrected chi connectivity index (χ4v) is 3.05. The average molecular weight is 362 g/mol. The SMILES string of the molecule is O=C(Nc1ccc(=O)n(Cc2ccccc2Cl)c1)C1(O)CCNCC1. The number of benzene rings is 1. The van der Waals surface area contributed by atoms with Crippen LogP contribution in [0.1, 0.15) is 18.4 Å². The normalized spacial score (nSPS) is 16.4. The minimum atomic E-state index is -1.38. The summed E-state index contributed by atoms with van der Waals surface area (Å²) in [5.41, 5.74) is -0.302. The number of nitrogens with zero attached hydrogens (tertiary/aromatic N) is 1. The summed E-state index contributed by atoms with van der Waals surface area (Å²) in [5.74, 6) is -0.447. The van der Waals surface area contributed by atoms with Crippen LogP contribution in [0.5, 0.6) is 0 Å². The summed E-state index contributed by atoms with van der Waals surface area (Å²) < 4.78 is 1.48. The average Bonchev–Trinajstić information content (AvgIpc) is 2.60. The third-order valence-electron chi connectivity index (χ3n) is 4.39. The smallest absolute Gasteiger partial charge is 0.256 e. The van der Waals surface area contributed by atoms with E-state index in [1.54, 1.807) is 12.3 Å². The van der Waals surface area contributed by atoms with Crippen molar-refractivity contribution in [1.29, 1.82) is 0 Å². The van der Waals surface area contributed by atoms with Crippen LogP contribution in [0, 0.1) is 0 Å². The zero-order valence-electron chi connectivity index (χ0n) is 13.7. The Morgan fingerprint density at radius 1 is 1.24 bits per heavy atom. The number of nitrogens with one attached hydrogen (secondary N) is 2. The van der Waals surface area contributed by atoms with Gasteiger partial charge in [0.1, 0.15) is 5.60 Å². The molecule has 132 valence electrons. The number of anilines is 1. The van der Waals surface area contributed by atoms with E-state index in [1.807, 2.05) is 18.2 Å². The molecular weight excluding hydrogens is 342 g/mol. The zero-order valence-corrected chi connectivity index (χ0v) is 14.4. The zero-order chi connectivity index (χ0) is 17.9. The first-order valence-corrected chi connectivity index (χ1v) is 8.54. The van der Waals surface area contributed by atoms with Crippen molar-refractivity contribution >= 4 is 23.2 Å². The molecule has 2 aromatic rings. The van der Waals surface area contributed by atoms with E-state index in [2.05, 4.69) is 10.6 Å². The molecule has 0 spiro atoms. The summed E-state index contributed by atoms with van der Waals surface area (Å²) in [4.78, 5) is 24.5. The first kappa shape index (κ1) is 17.7. The number of halogens is 1. The largest absolute Gasteiger partial charge is 0.380 e. The van der Waals surface area contributed by atoms with Crippen LogP contribution in [0.25, 0.3) is 0 Å². The maximum absolute atomic E-state index is 12.4. The number of aliphatic hydroxyl groups is 1. The number of amides is 1. The Kier molecular flexibility index (Phi) is 5.22. The lowest BCUT2D eigenvalue weighted by Crippen LogP contribution is -2.50. The highest BCUT2D eigenvalue weighted by molar-refractivity contribution is 6.31. The molecule has 0 bridgehead atoms. The number of carbonyl (C=O) groups is 1. The van der Waals surface area contributed by atoms with Gasteiger partial charge in [0.2, 0.25) is 0 Å². The van der Waals surface area contributed by atoms with E-state index >= 15 is 0 Å². The number of hydrogen-bond donors (Lipinski definition) is 3. The van der Waals surface area contributed by atoms with Gasteiger partial charge >= 0.3 is 0 Å². The summed E-state index contributed by atoms with van der Waals surface area (Å²) in [5, 5.41) is 16.9. The van der Waals surface area contributed by atoms with Gasteiger partial charge in [-0.25, -0.2) is 0 Å². The number of hydrogen-bond acceptors (Lipinski definition) is 4. The van der Waals surface area contributed by atoms with Crippen molar-refractivity contribution in [2.45, 2.75) is 25.0 Å². The molecule has 1 amide bonds. The monoisotopic (exact) mass is 361 g/mol. The van der Waals surface area contributed by atoms with Gasteiger partial charge in [-0.05, 0) is 43.6 Å². The molecule has 3 N–H and O–H groups in total. The molecule has 1 fully saturated rings. The number of piperidine rings is 1. The highest BCUT2D eigenvalue weighted by atomic mass is 35.5. The number of pyridine rings is 1. The van der Waals surface area contributed by atoms with Crippen LogP contribution in [-0.4, -0.2) is 34.3 Å². The molecule has 25 heavy (non-hydrogen) atoms. The van der Waals surface area contributed by atoms with Gasteiger partial charge in [-0.3, -0.25) is 9.59 Å². The minimum absolute atomic E-state index is 0.196. The van der Waals surface area contributed by atoms with Crippen molar-refractivity contribution in [2.24, 2.45) is 0 Å².